The minimum Gasteiger partial charge on any atom is -0.310 e. The maximum atomic E-state index is 2.51. The van der Waals surface area contributed by atoms with Crippen molar-refractivity contribution < 1.29 is 0 Å². The fraction of sp³-hybridized carbons (Fsp3) is 0.0645. The highest BCUT2D eigenvalue weighted by Gasteiger charge is 2.52. The second-order valence-corrected chi connectivity index (χ2v) is 17.6. The lowest BCUT2D eigenvalue weighted by Crippen LogP contribution is -2.28. The van der Waals surface area contributed by atoms with Gasteiger partial charge in [0.2, 0.25) is 0 Å². The Bertz CT molecular complexity index is 3330. The lowest BCUT2D eigenvalue weighted by molar-refractivity contribution is 0.775. The van der Waals surface area contributed by atoms with E-state index in [-0.39, 0.29) is 5.41 Å². The second kappa shape index (κ2) is 13.9. The fourth-order valence-electron chi connectivity index (χ4n) is 11.5. The van der Waals surface area contributed by atoms with Crippen LogP contribution in [0.3, 0.4) is 0 Å². The van der Waals surface area contributed by atoms with Gasteiger partial charge in [0.1, 0.15) is 0 Å². The van der Waals surface area contributed by atoms with E-state index in [1.54, 1.807) is 0 Å². The number of nitrogens with zero attached hydrogens (tertiary/aromatic N) is 1. The number of fused-ring (bicyclic) bond motifs is 10. The smallest absolute Gasteiger partial charge is 0.0719 e. The molecule has 0 radical (unpaired) electrons. The van der Waals surface area contributed by atoms with E-state index in [0.717, 1.165) is 11.4 Å². The first kappa shape index (κ1) is 36.0. The largest absolute Gasteiger partial charge is 0.310 e. The summed E-state index contributed by atoms with van der Waals surface area (Å²) in [4.78, 5) is 2.50. The van der Waals surface area contributed by atoms with Gasteiger partial charge in [-0.1, -0.05) is 194 Å². The van der Waals surface area contributed by atoms with Crippen LogP contribution in [0.25, 0.3) is 55.3 Å². The number of rotatable bonds is 7. The van der Waals surface area contributed by atoms with Gasteiger partial charge < -0.3 is 4.90 Å². The summed E-state index contributed by atoms with van der Waals surface area (Å²) >= 11 is 0. The summed E-state index contributed by atoms with van der Waals surface area (Å²) < 4.78 is 0. The van der Waals surface area contributed by atoms with E-state index in [9.17, 15) is 0 Å². The summed E-state index contributed by atoms with van der Waals surface area (Å²) in [5.41, 5.74) is 21.3. The minimum absolute atomic E-state index is 0.107. The molecule has 1 nitrogen and oxygen atoms in total. The molecule has 10 aromatic rings. The minimum atomic E-state index is -0.555. The van der Waals surface area contributed by atoms with E-state index < -0.39 is 5.41 Å². The third kappa shape index (κ3) is 5.30. The molecule has 0 bridgehead atoms. The van der Waals surface area contributed by atoms with Crippen molar-refractivity contribution in [3.8, 4) is 44.5 Å². The summed E-state index contributed by atoms with van der Waals surface area (Å²) in [5, 5.41) is 2.50. The van der Waals surface area contributed by atoms with Gasteiger partial charge in [0, 0.05) is 22.5 Å². The van der Waals surface area contributed by atoms with Crippen molar-refractivity contribution >= 4 is 27.8 Å². The molecule has 0 heterocycles. The van der Waals surface area contributed by atoms with Gasteiger partial charge in [-0.3, -0.25) is 0 Å². The summed E-state index contributed by atoms with van der Waals surface area (Å²) in [7, 11) is 0. The predicted octanol–water partition coefficient (Wildman–Crippen LogP) is 16.1. The molecule has 13 rings (SSSR count). The Kier molecular flexibility index (Phi) is 7.93. The van der Waals surface area contributed by atoms with E-state index in [1.807, 2.05) is 0 Å². The van der Waals surface area contributed by atoms with Crippen LogP contribution in [-0.2, 0) is 10.8 Å². The molecule has 63 heavy (non-hydrogen) atoms. The van der Waals surface area contributed by atoms with Crippen molar-refractivity contribution in [1.82, 2.24) is 0 Å². The van der Waals surface area contributed by atoms with E-state index in [0.29, 0.717) is 0 Å². The highest BCUT2D eigenvalue weighted by atomic mass is 15.1. The van der Waals surface area contributed by atoms with Gasteiger partial charge in [0.05, 0.1) is 5.41 Å². The molecule has 296 valence electrons. The second-order valence-electron chi connectivity index (χ2n) is 17.6. The van der Waals surface area contributed by atoms with Crippen molar-refractivity contribution in [2.45, 2.75) is 23.7 Å². The molecule has 1 heteroatoms. The first-order valence-corrected chi connectivity index (χ1v) is 22.3. The van der Waals surface area contributed by atoms with Crippen LogP contribution in [0.4, 0.5) is 17.1 Å². The maximum Gasteiger partial charge on any atom is 0.0719 e. The predicted molar refractivity (Wildman–Crippen MR) is 262 cm³/mol. The van der Waals surface area contributed by atoms with Crippen LogP contribution in [0.15, 0.2) is 237 Å². The molecular weight excluding hydrogens is 759 g/mol. The van der Waals surface area contributed by atoms with E-state index >= 15 is 0 Å². The molecule has 0 unspecified atom stereocenters. The summed E-state index contributed by atoms with van der Waals surface area (Å²) in [6.07, 6.45) is 2.39. The van der Waals surface area contributed by atoms with Gasteiger partial charge in [0.25, 0.3) is 0 Å². The van der Waals surface area contributed by atoms with Crippen molar-refractivity contribution in [3.05, 3.63) is 270 Å². The zero-order chi connectivity index (χ0) is 41.5. The van der Waals surface area contributed by atoms with Crippen LogP contribution in [0, 0.1) is 0 Å². The molecule has 0 aliphatic heterocycles. The van der Waals surface area contributed by atoms with Gasteiger partial charge in [0.15, 0.2) is 0 Å². The Labute approximate surface area is 369 Å². The zero-order valence-electron chi connectivity index (χ0n) is 34.9. The third-order valence-electron chi connectivity index (χ3n) is 14.4. The first-order chi connectivity index (χ1) is 31.2. The average molecular weight is 802 g/mol. The molecule has 0 aromatic heterocycles. The molecule has 1 fully saturated rings. The summed E-state index contributed by atoms with van der Waals surface area (Å²) in [6.45, 7) is 0. The molecule has 3 aliphatic carbocycles. The quantitative estimate of drug-likeness (QED) is 0.155. The Morgan fingerprint density at radius 3 is 1.44 bits per heavy atom. The molecule has 0 amide bonds. The van der Waals surface area contributed by atoms with Crippen LogP contribution in [0.2, 0.25) is 0 Å². The Hall–Kier alpha value is -7.74. The highest BCUT2D eigenvalue weighted by Crippen LogP contribution is 2.64. The molecule has 0 saturated heterocycles. The monoisotopic (exact) mass is 801 g/mol. The lowest BCUT2D eigenvalue weighted by Gasteiger charge is -2.35. The van der Waals surface area contributed by atoms with E-state index in [2.05, 4.69) is 241 Å². The molecule has 0 N–H and O–H groups in total. The van der Waals surface area contributed by atoms with Crippen molar-refractivity contribution in [3.63, 3.8) is 0 Å². The SMILES string of the molecule is c1ccc(-c2ccc(N(c3ccc4c(c3)C3(CC3)c3ccccc3-4)c3ccc4c(-c5ccccc5)cc5c(c4c3)C(c3ccccc3)(c3ccccc3)c3ccccc3-5)cc2)cc1. The van der Waals surface area contributed by atoms with Gasteiger partial charge in [-0.25, -0.2) is 0 Å². The molecular formula is C62H43N. The van der Waals surface area contributed by atoms with Gasteiger partial charge in [-0.2, -0.15) is 0 Å². The van der Waals surface area contributed by atoms with Gasteiger partial charge >= 0.3 is 0 Å². The summed E-state index contributed by atoms with van der Waals surface area (Å²) in [6, 6.07) is 88.4. The average Bonchev–Trinajstić information content (AvgIpc) is 4.06. The van der Waals surface area contributed by atoms with Crippen molar-refractivity contribution in [2.24, 2.45) is 0 Å². The molecule has 1 spiro atoms. The number of anilines is 3. The van der Waals surface area contributed by atoms with Crippen LogP contribution in [0.5, 0.6) is 0 Å². The zero-order valence-corrected chi connectivity index (χ0v) is 34.9. The summed E-state index contributed by atoms with van der Waals surface area (Å²) in [5.74, 6) is 0. The number of hydrogen-bond acceptors (Lipinski definition) is 1. The van der Waals surface area contributed by atoms with E-state index in [4.69, 9.17) is 0 Å². The van der Waals surface area contributed by atoms with Crippen LogP contribution in [0.1, 0.15) is 46.2 Å². The first-order valence-electron chi connectivity index (χ1n) is 22.3. The highest BCUT2D eigenvalue weighted by molar-refractivity contribution is 6.09. The van der Waals surface area contributed by atoms with Gasteiger partial charge in [-0.15, -0.1) is 0 Å². The van der Waals surface area contributed by atoms with Crippen LogP contribution in [-0.4, -0.2) is 0 Å². The van der Waals surface area contributed by atoms with Gasteiger partial charge in [-0.05, 0) is 144 Å². The topological polar surface area (TPSA) is 3.24 Å². The lowest BCUT2D eigenvalue weighted by atomic mass is 9.66. The molecule has 10 aromatic carbocycles. The maximum absolute atomic E-state index is 2.51. The Morgan fingerprint density at radius 2 is 0.794 bits per heavy atom. The van der Waals surface area contributed by atoms with E-state index in [1.165, 1.54) is 107 Å². The number of benzene rings is 10. The van der Waals surface area contributed by atoms with Crippen LogP contribution < -0.4 is 4.90 Å². The molecule has 0 atom stereocenters. The fourth-order valence-corrected chi connectivity index (χ4v) is 11.5. The van der Waals surface area contributed by atoms with Crippen molar-refractivity contribution in [1.29, 1.82) is 0 Å². The van der Waals surface area contributed by atoms with Crippen LogP contribution >= 0.6 is 0 Å². The third-order valence-corrected chi connectivity index (χ3v) is 14.4. The molecule has 1 saturated carbocycles. The Balaban J connectivity index is 1.11. The number of hydrogen-bond donors (Lipinski definition) is 0. The molecule has 3 aliphatic rings. The van der Waals surface area contributed by atoms with Crippen molar-refractivity contribution in [2.75, 3.05) is 4.90 Å². The Morgan fingerprint density at radius 1 is 0.302 bits per heavy atom. The normalized spacial score (nSPS) is 14.5. The standard InChI is InChI=1S/C62H43N/c1-5-17-42(18-6-1)43-29-31-47(32-30-43)63(49-34-36-53-51-25-13-15-27-57(51)61(37-38-61)59(53)40-49)48-33-35-50-54(44-19-7-2-8-20-44)41-56-52-26-14-16-28-58(52)62(60(56)55(50)39-48,45-21-9-3-10-22-45)46-23-11-4-12-24-46/h1-36,39-41H,37-38H2.